The third-order valence-corrected chi connectivity index (χ3v) is 5.90. The lowest BCUT2D eigenvalue weighted by atomic mass is 9.81. The van der Waals surface area contributed by atoms with Crippen molar-refractivity contribution in [2.45, 2.75) is 64.4 Å². The monoisotopic (exact) mass is 334 g/mol. The maximum Gasteiger partial charge on any atom is 0.0729 e. The summed E-state index contributed by atoms with van der Waals surface area (Å²) in [6, 6.07) is 4.39. The Morgan fingerprint density at radius 3 is 2.87 bits per heavy atom. The van der Waals surface area contributed by atoms with Crippen molar-refractivity contribution in [3.05, 3.63) is 29.5 Å². The van der Waals surface area contributed by atoms with Crippen molar-refractivity contribution < 1.29 is 5.11 Å². The second-order valence-electron chi connectivity index (χ2n) is 7.06. The molecular weight excluding hydrogens is 308 g/mol. The van der Waals surface area contributed by atoms with E-state index in [1.165, 1.54) is 22.9 Å². The first-order valence-electron chi connectivity index (χ1n) is 8.84. The summed E-state index contributed by atoms with van der Waals surface area (Å²) in [5.41, 5.74) is 4.41. The van der Waals surface area contributed by atoms with Crippen LogP contribution in [0.4, 0.5) is 0 Å². The average molecular weight is 335 g/mol. The number of aromatic nitrogens is 2. The molecule has 2 aliphatic carbocycles. The number of hydrogen-bond acceptors (Lipinski definition) is 2. The maximum absolute atomic E-state index is 10.3. The van der Waals surface area contributed by atoms with Gasteiger partial charge in [-0.2, -0.15) is 5.10 Å². The average Bonchev–Trinajstić information content (AvgIpc) is 3.26. The number of aliphatic hydroxyl groups is 1. The van der Waals surface area contributed by atoms with Crippen LogP contribution < -0.4 is 0 Å². The van der Waals surface area contributed by atoms with E-state index in [1.54, 1.807) is 0 Å². The van der Waals surface area contributed by atoms with E-state index in [2.05, 4.69) is 22.3 Å². The van der Waals surface area contributed by atoms with Crippen LogP contribution in [0.25, 0.3) is 10.9 Å². The number of aromatic amines is 1. The van der Waals surface area contributed by atoms with E-state index in [0.717, 1.165) is 31.2 Å². The molecule has 126 valence electrons. The Kier molecular flexibility index (Phi) is 4.70. The van der Waals surface area contributed by atoms with Gasteiger partial charge in [-0.25, -0.2) is 0 Å². The van der Waals surface area contributed by atoms with E-state index >= 15 is 0 Å². The van der Waals surface area contributed by atoms with Crippen molar-refractivity contribution in [1.82, 2.24) is 10.2 Å². The first-order chi connectivity index (χ1) is 11.1. The molecule has 2 N–H and O–H groups in total. The maximum atomic E-state index is 10.3. The summed E-state index contributed by atoms with van der Waals surface area (Å²) in [4.78, 5) is 0. The number of fused-ring (bicyclic) bond motifs is 3. The van der Waals surface area contributed by atoms with Gasteiger partial charge in [-0.15, -0.1) is 11.6 Å². The Hall–Kier alpha value is -1.06. The molecule has 4 atom stereocenters. The van der Waals surface area contributed by atoms with Gasteiger partial charge in [0.2, 0.25) is 0 Å². The lowest BCUT2D eigenvalue weighted by Gasteiger charge is -2.25. The highest BCUT2D eigenvalue weighted by molar-refractivity contribution is 6.20. The van der Waals surface area contributed by atoms with Gasteiger partial charge in [0.1, 0.15) is 0 Å². The molecule has 0 amide bonds. The molecule has 1 heterocycles. The molecular formula is C19H27ClN2O. The van der Waals surface area contributed by atoms with Crippen LogP contribution >= 0.6 is 11.6 Å². The van der Waals surface area contributed by atoms with Crippen molar-refractivity contribution in [2.24, 2.45) is 11.3 Å². The first-order valence-corrected chi connectivity index (χ1v) is 9.28. The molecule has 0 bridgehead atoms. The molecule has 23 heavy (non-hydrogen) atoms. The van der Waals surface area contributed by atoms with E-state index in [-0.39, 0.29) is 11.5 Å². The molecule has 1 aromatic heterocycles. The topological polar surface area (TPSA) is 48.9 Å². The molecule has 1 spiro atoms. The van der Waals surface area contributed by atoms with Crippen molar-refractivity contribution in [2.75, 3.05) is 0 Å². The fourth-order valence-corrected chi connectivity index (χ4v) is 4.78. The van der Waals surface area contributed by atoms with Crippen LogP contribution in [0, 0.1) is 11.3 Å². The lowest BCUT2D eigenvalue weighted by Crippen LogP contribution is -2.28. The summed E-state index contributed by atoms with van der Waals surface area (Å²) >= 11 is 6.09. The van der Waals surface area contributed by atoms with Crippen LogP contribution in [0.1, 0.15) is 51.2 Å². The van der Waals surface area contributed by atoms with Crippen molar-refractivity contribution in [3.63, 3.8) is 0 Å². The third-order valence-electron chi connectivity index (χ3n) is 5.64. The Labute approximate surface area is 143 Å². The van der Waals surface area contributed by atoms with Gasteiger partial charge in [0.15, 0.2) is 0 Å². The fraction of sp³-hybridized carbons (Fsp3) is 0.632. The van der Waals surface area contributed by atoms with E-state index in [0.29, 0.717) is 11.3 Å². The molecule has 0 radical (unpaired) electrons. The molecule has 1 aromatic carbocycles. The Morgan fingerprint density at radius 2 is 2.13 bits per heavy atom. The highest BCUT2D eigenvalue weighted by atomic mass is 35.5. The number of aliphatic hydroxyl groups excluding tert-OH is 1. The standard InChI is InChI=1S/C17H21ClN2O.C2H6/c1-10(18)16(21)12-4-5-17(7-12)6-11-2-3-15-14(9-19-20-15)13(11)8-17;1-2/h2-3,9-10,12,16,21H,4-8H2,1H3,(H,19,20);1-2H3. The molecule has 0 aliphatic heterocycles. The Balaban J connectivity index is 0.000000753. The van der Waals surface area contributed by atoms with Crippen LogP contribution in [0.15, 0.2) is 18.3 Å². The van der Waals surface area contributed by atoms with E-state index in [4.69, 9.17) is 11.6 Å². The zero-order valence-electron chi connectivity index (χ0n) is 14.3. The SMILES string of the molecule is CC.CC(Cl)C(O)C1CCC2(Cc3ccc4[nH]ncc4c3C2)C1. The van der Waals surface area contributed by atoms with Crippen LogP contribution in [-0.4, -0.2) is 26.8 Å². The summed E-state index contributed by atoms with van der Waals surface area (Å²) in [5, 5.41) is 18.6. The van der Waals surface area contributed by atoms with Crippen LogP contribution in [0.5, 0.6) is 0 Å². The molecule has 1 saturated carbocycles. The normalized spacial score (nSPS) is 28.5. The fourth-order valence-electron chi connectivity index (χ4n) is 4.58. The number of rotatable bonds is 2. The largest absolute Gasteiger partial charge is 0.391 e. The van der Waals surface area contributed by atoms with Crippen molar-refractivity contribution in [3.8, 4) is 0 Å². The first kappa shape index (κ1) is 16.8. The van der Waals surface area contributed by atoms with Gasteiger partial charge in [0.05, 0.1) is 23.2 Å². The van der Waals surface area contributed by atoms with Gasteiger partial charge in [-0.1, -0.05) is 19.9 Å². The highest BCUT2D eigenvalue weighted by Crippen LogP contribution is 2.53. The summed E-state index contributed by atoms with van der Waals surface area (Å²) < 4.78 is 0. The van der Waals surface area contributed by atoms with E-state index in [9.17, 15) is 5.11 Å². The molecule has 4 heteroatoms. The number of nitrogens with zero attached hydrogens (tertiary/aromatic N) is 1. The Morgan fingerprint density at radius 1 is 1.35 bits per heavy atom. The van der Waals surface area contributed by atoms with Gasteiger partial charge in [0, 0.05) is 5.39 Å². The summed E-state index contributed by atoms with van der Waals surface area (Å²) in [6.07, 6.45) is 7.24. The smallest absolute Gasteiger partial charge is 0.0729 e. The molecule has 4 unspecified atom stereocenters. The van der Waals surface area contributed by atoms with Crippen LogP contribution in [0.2, 0.25) is 0 Å². The van der Waals surface area contributed by atoms with E-state index < -0.39 is 0 Å². The minimum Gasteiger partial charge on any atom is -0.391 e. The number of benzene rings is 1. The Bertz CT molecular complexity index is 681. The molecule has 2 aromatic rings. The molecule has 3 nitrogen and oxygen atoms in total. The van der Waals surface area contributed by atoms with Crippen molar-refractivity contribution in [1.29, 1.82) is 0 Å². The highest BCUT2D eigenvalue weighted by Gasteiger charge is 2.46. The number of nitrogens with one attached hydrogen (secondary N) is 1. The lowest BCUT2D eigenvalue weighted by molar-refractivity contribution is 0.102. The number of alkyl halides is 1. The predicted octanol–water partition coefficient (Wildman–Crippen LogP) is 4.46. The molecule has 0 saturated heterocycles. The van der Waals surface area contributed by atoms with Gasteiger partial charge < -0.3 is 5.11 Å². The summed E-state index contributed by atoms with van der Waals surface area (Å²) in [6.45, 7) is 5.90. The third kappa shape index (κ3) is 2.89. The predicted molar refractivity (Wildman–Crippen MR) is 95.9 cm³/mol. The second-order valence-corrected chi connectivity index (χ2v) is 7.75. The van der Waals surface area contributed by atoms with Gasteiger partial charge >= 0.3 is 0 Å². The summed E-state index contributed by atoms with van der Waals surface area (Å²) in [5.74, 6) is 0.353. The second kappa shape index (κ2) is 6.45. The van der Waals surface area contributed by atoms with Gasteiger partial charge in [0.25, 0.3) is 0 Å². The zero-order chi connectivity index (χ0) is 16.6. The molecule has 1 fully saturated rings. The molecule has 4 rings (SSSR count). The van der Waals surface area contributed by atoms with Crippen LogP contribution in [-0.2, 0) is 12.8 Å². The summed E-state index contributed by atoms with van der Waals surface area (Å²) in [7, 11) is 0. The number of hydrogen-bond donors (Lipinski definition) is 2. The van der Waals surface area contributed by atoms with E-state index in [1.807, 2.05) is 27.0 Å². The minimum atomic E-state index is -0.372. The zero-order valence-corrected chi connectivity index (χ0v) is 15.0. The minimum absolute atomic E-state index is 0.158. The molecule has 2 aliphatic rings. The quantitative estimate of drug-likeness (QED) is 0.796. The number of halogens is 1. The van der Waals surface area contributed by atoms with Gasteiger partial charge in [-0.3, -0.25) is 5.10 Å². The van der Waals surface area contributed by atoms with Crippen LogP contribution in [0.3, 0.4) is 0 Å². The van der Waals surface area contributed by atoms with Crippen molar-refractivity contribution >= 4 is 22.5 Å². The number of H-pyrrole nitrogens is 1. The van der Waals surface area contributed by atoms with Gasteiger partial charge in [-0.05, 0) is 67.6 Å².